The molecule has 2 heterocycles. The number of rotatable bonds is 11. The summed E-state index contributed by atoms with van der Waals surface area (Å²) in [6, 6.07) is 24.6. The van der Waals surface area contributed by atoms with Gasteiger partial charge in [-0.1, -0.05) is 54.6 Å². The zero-order valence-electron chi connectivity index (χ0n) is 23.6. The molecule has 0 spiro atoms. The highest BCUT2D eigenvalue weighted by Crippen LogP contribution is 2.42. The number of nitrogens with zero attached hydrogens (tertiary/aromatic N) is 1. The number of nitrogens with one attached hydrogen (secondary N) is 1. The number of benzene rings is 3. The minimum atomic E-state index is -1.22. The fraction of sp³-hybridized carbons (Fsp3) is 0.281. The first-order valence-corrected chi connectivity index (χ1v) is 13.6. The van der Waals surface area contributed by atoms with E-state index in [1.165, 1.54) is 6.20 Å². The second-order valence-corrected chi connectivity index (χ2v) is 10.1. The summed E-state index contributed by atoms with van der Waals surface area (Å²) in [5.41, 5.74) is -0.393. The van der Waals surface area contributed by atoms with Gasteiger partial charge in [-0.2, -0.15) is 0 Å². The molecule has 0 aliphatic carbocycles. The highest BCUT2D eigenvalue weighted by Gasteiger charge is 2.42. The number of hydrogen-bond donors (Lipinski definition) is 3. The Balaban J connectivity index is 1.51. The Morgan fingerprint density at radius 2 is 1.49 bits per heavy atom. The summed E-state index contributed by atoms with van der Waals surface area (Å²) in [5, 5.41) is 20.2. The van der Waals surface area contributed by atoms with Gasteiger partial charge in [0.05, 0.1) is 33.4 Å². The van der Waals surface area contributed by atoms with E-state index in [0.29, 0.717) is 11.5 Å². The average Bonchev–Trinajstić information content (AvgIpc) is 3.39. The Labute approximate surface area is 246 Å². The topological polar surface area (TPSA) is 149 Å². The normalized spacial score (nSPS) is 18.3. The van der Waals surface area contributed by atoms with Gasteiger partial charge in [0.1, 0.15) is 29.4 Å². The van der Waals surface area contributed by atoms with Crippen molar-refractivity contribution in [3.05, 3.63) is 128 Å². The number of methoxy groups -OCH3 is 2. The van der Waals surface area contributed by atoms with E-state index in [0.717, 1.165) is 21.3 Å². The quantitative estimate of drug-likeness (QED) is 0.225. The number of aliphatic hydroxyl groups excluding tert-OH is 1. The molecule has 0 radical (unpaired) electrons. The predicted molar refractivity (Wildman–Crippen MR) is 155 cm³/mol. The Kier molecular flexibility index (Phi) is 8.76. The molecule has 3 aromatic carbocycles. The molecule has 3 atom stereocenters. The monoisotopic (exact) mass is 588 g/mol. The number of H-pyrrole nitrogens is 1. The van der Waals surface area contributed by atoms with Gasteiger partial charge in [-0.3, -0.25) is 19.1 Å². The lowest BCUT2D eigenvalue weighted by Crippen LogP contribution is -2.38. The summed E-state index contributed by atoms with van der Waals surface area (Å²) in [4.78, 5) is 38.0. The maximum Gasteiger partial charge on any atom is 0.330 e. The molecule has 0 saturated carbocycles. The number of carboxylic acid groups (broad SMARTS) is 1. The summed E-state index contributed by atoms with van der Waals surface area (Å²) in [5.74, 6) is 0.126. The van der Waals surface area contributed by atoms with Crippen molar-refractivity contribution in [2.45, 2.75) is 36.9 Å². The summed E-state index contributed by atoms with van der Waals surface area (Å²) in [6.07, 6.45) is -2.21. The number of carboxylic acids is 1. The van der Waals surface area contributed by atoms with Gasteiger partial charge in [0, 0.05) is 18.2 Å². The van der Waals surface area contributed by atoms with Crippen LogP contribution in [-0.4, -0.2) is 58.8 Å². The standard InChI is InChI=1S/C32H32N2O9/c1-40-24-12-8-22(9-13-24)32(21-6-4-3-5-7-21,23-10-14-25(41-2)15-11-23)42-19-27-26(35)17-28(43-27)34-18-20(16-29(36)37)30(38)33-31(34)39/h3-15,18,26-28,35H,16-17,19H2,1-2H3,(H,36,37)(H,33,38,39)/t26-,27+,28+/m0/s1. The highest BCUT2D eigenvalue weighted by molar-refractivity contribution is 5.69. The molecule has 0 bridgehead atoms. The van der Waals surface area contributed by atoms with E-state index < -0.39 is 47.7 Å². The van der Waals surface area contributed by atoms with Crippen molar-refractivity contribution in [1.29, 1.82) is 0 Å². The Morgan fingerprint density at radius 1 is 0.930 bits per heavy atom. The summed E-state index contributed by atoms with van der Waals surface area (Å²) in [6.45, 7) is -0.0787. The first-order chi connectivity index (χ1) is 20.7. The molecule has 11 heteroatoms. The van der Waals surface area contributed by atoms with Crippen molar-refractivity contribution >= 4 is 5.97 Å². The molecule has 224 valence electrons. The molecule has 1 aliphatic rings. The van der Waals surface area contributed by atoms with E-state index in [9.17, 15) is 19.5 Å². The lowest BCUT2D eigenvalue weighted by Gasteiger charge is -2.37. The average molecular weight is 589 g/mol. The van der Waals surface area contributed by atoms with E-state index in [1.807, 2.05) is 78.9 Å². The molecular weight excluding hydrogens is 556 g/mol. The lowest BCUT2D eigenvalue weighted by molar-refractivity contribution is -0.136. The molecule has 11 nitrogen and oxygen atoms in total. The number of aliphatic hydroxyl groups is 1. The lowest BCUT2D eigenvalue weighted by atomic mass is 9.80. The van der Waals surface area contributed by atoms with Crippen LogP contribution in [0.2, 0.25) is 0 Å². The Bertz CT molecular complexity index is 1620. The maximum atomic E-state index is 12.6. The van der Waals surface area contributed by atoms with Gasteiger partial charge in [-0.15, -0.1) is 0 Å². The van der Waals surface area contributed by atoms with E-state index in [-0.39, 0.29) is 18.6 Å². The van der Waals surface area contributed by atoms with Gasteiger partial charge in [-0.05, 0) is 41.0 Å². The number of aliphatic carboxylic acids is 1. The summed E-state index contributed by atoms with van der Waals surface area (Å²) < 4.78 is 24.8. The van der Waals surface area contributed by atoms with E-state index in [4.69, 9.17) is 24.1 Å². The minimum Gasteiger partial charge on any atom is -0.497 e. The predicted octanol–water partition coefficient (Wildman–Crippen LogP) is 2.84. The largest absolute Gasteiger partial charge is 0.497 e. The summed E-state index contributed by atoms with van der Waals surface area (Å²) in [7, 11) is 3.18. The molecule has 43 heavy (non-hydrogen) atoms. The van der Waals surface area contributed by atoms with Crippen molar-refractivity contribution in [3.8, 4) is 11.5 Å². The van der Waals surface area contributed by atoms with Crippen molar-refractivity contribution < 1.29 is 34.0 Å². The fourth-order valence-corrected chi connectivity index (χ4v) is 5.35. The zero-order chi connectivity index (χ0) is 30.6. The molecular formula is C32H32N2O9. The van der Waals surface area contributed by atoms with Gasteiger partial charge < -0.3 is 29.2 Å². The smallest absolute Gasteiger partial charge is 0.330 e. The molecule has 0 amide bonds. The molecule has 5 rings (SSSR count). The molecule has 0 unspecified atom stereocenters. The first kappa shape index (κ1) is 29.8. The second-order valence-electron chi connectivity index (χ2n) is 10.1. The molecule has 1 aliphatic heterocycles. The third-order valence-electron chi connectivity index (χ3n) is 7.54. The number of hydrogen-bond acceptors (Lipinski definition) is 8. The van der Waals surface area contributed by atoms with Crippen LogP contribution in [0, 0.1) is 0 Å². The summed E-state index contributed by atoms with van der Waals surface area (Å²) >= 11 is 0. The maximum absolute atomic E-state index is 12.6. The number of ether oxygens (including phenoxy) is 4. The second kappa shape index (κ2) is 12.7. The van der Waals surface area contributed by atoms with Crippen molar-refractivity contribution in [2.24, 2.45) is 0 Å². The first-order valence-electron chi connectivity index (χ1n) is 13.6. The molecule has 1 saturated heterocycles. The van der Waals surface area contributed by atoms with E-state index in [1.54, 1.807) is 14.2 Å². The van der Waals surface area contributed by atoms with Crippen LogP contribution in [0.15, 0.2) is 94.6 Å². The van der Waals surface area contributed by atoms with Gasteiger partial charge in [0.15, 0.2) is 0 Å². The van der Waals surface area contributed by atoms with Gasteiger partial charge in [0.2, 0.25) is 0 Å². The van der Waals surface area contributed by atoms with Crippen molar-refractivity contribution in [3.63, 3.8) is 0 Å². The van der Waals surface area contributed by atoms with Crippen LogP contribution >= 0.6 is 0 Å². The number of carbonyl (C=O) groups is 1. The molecule has 1 fully saturated rings. The fourth-order valence-electron chi connectivity index (χ4n) is 5.35. The number of aromatic amines is 1. The molecule has 4 aromatic rings. The van der Waals surface area contributed by atoms with Crippen LogP contribution in [0.3, 0.4) is 0 Å². The van der Waals surface area contributed by atoms with Crippen molar-refractivity contribution in [1.82, 2.24) is 9.55 Å². The molecule has 3 N–H and O–H groups in total. The Hall–Kier alpha value is -4.71. The minimum absolute atomic E-state index is 0.0237. The van der Waals surface area contributed by atoms with Gasteiger partial charge in [0.25, 0.3) is 5.56 Å². The van der Waals surface area contributed by atoms with E-state index in [2.05, 4.69) is 4.98 Å². The van der Waals surface area contributed by atoms with Gasteiger partial charge in [-0.25, -0.2) is 4.79 Å². The third kappa shape index (κ3) is 6.09. The van der Waals surface area contributed by atoms with Crippen molar-refractivity contribution in [2.75, 3.05) is 20.8 Å². The van der Waals surface area contributed by atoms with E-state index >= 15 is 0 Å². The van der Waals surface area contributed by atoms with Crippen LogP contribution in [0.5, 0.6) is 11.5 Å². The van der Waals surface area contributed by atoms with Crippen LogP contribution < -0.4 is 20.7 Å². The Morgan fingerprint density at radius 3 is 2.02 bits per heavy atom. The van der Waals surface area contributed by atoms with Crippen LogP contribution in [0.25, 0.3) is 0 Å². The van der Waals surface area contributed by atoms with Gasteiger partial charge >= 0.3 is 11.7 Å². The highest BCUT2D eigenvalue weighted by atomic mass is 16.6. The van der Waals surface area contributed by atoms with Crippen LogP contribution in [0.4, 0.5) is 0 Å². The van der Waals surface area contributed by atoms with Crippen LogP contribution in [-0.2, 0) is 26.3 Å². The van der Waals surface area contributed by atoms with Crippen LogP contribution in [0.1, 0.15) is 34.9 Å². The third-order valence-corrected chi connectivity index (χ3v) is 7.54. The molecule has 1 aromatic heterocycles. The number of aromatic nitrogens is 2. The SMILES string of the molecule is COc1ccc(C(OC[C@H]2O[C@@H](n3cc(CC(=O)O)c(=O)[nH]c3=O)C[C@@H]2O)(c2ccccc2)c2ccc(OC)cc2)cc1. The zero-order valence-corrected chi connectivity index (χ0v) is 23.6.